The molecule has 3 atom stereocenters. The molecule has 1 fully saturated rings. The smallest absolute Gasteiger partial charge is 0.339 e. The number of ether oxygens (including phenoxy) is 1. The monoisotopic (exact) mass is 941 g/mol. The van der Waals surface area contributed by atoms with Crippen molar-refractivity contribution >= 4 is 71.4 Å². The number of nitrogens with one attached hydrogen (secondary N) is 3. The molecule has 5 amide bonds. The Kier molecular flexibility index (Phi) is 21.9. The second-order valence-corrected chi connectivity index (χ2v) is 16.6. The molecular formula is C44H56IN5O8S. The number of carbonyl (C=O) groups excluding carboxylic acids is 7. The number of carbonyl (C=O) groups is 7. The van der Waals surface area contributed by atoms with E-state index in [1.165, 1.54) is 19.4 Å². The van der Waals surface area contributed by atoms with E-state index < -0.39 is 48.8 Å². The van der Waals surface area contributed by atoms with Gasteiger partial charge in [0.05, 0.1) is 18.2 Å². The Morgan fingerprint density at radius 1 is 0.814 bits per heavy atom. The van der Waals surface area contributed by atoms with Crippen molar-refractivity contribution < 1.29 is 38.3 Å². The number of nitrogens with two attached hydrogens (primary N) is 1. The second-order valence-electron chi connectivity index (χ2n) is 14.4. The average molecular weight is 942 g/mol. The van der Waals surface area contributed by atoms with Gasteiger partial charge in [-0.05, 0) is 97.3 Å². The zero-order chi connectivity index (χ0) is 43.2. The molecule has 0 aliphatic carbocycles. The van der Waals surface area contributed by atoms with Gasteiger partial charge in [-0.15, -0.1) is 0 Å². The maximum absolute atomic E-state index is 13.3. The van der Waals surface area contributed by atoms with Crippen molar-refractivity contribution in [1.29, 1.82) is 0 Å². The standard InChI is InChI=1S/C37H48IN5O8S.C7H8/c1-24-12-11-13-25(2)34(24)37(50)51-23-29(44)27(16-8-9-18-39)41-32(46)22-40-35(48)28(20-26-14-5-3-6-15-26)42-31(45)17-7-4-10-19-43-33(47)21-30(52-38)36(43)49;1-7-5-3-2-4-6-7/h3,5-6,11-15,27-28,30H,4,7-10,16-23,39H2,1-2H3,(H,40,48)(H,41,46)(H,42,45);2-6H,1H3. The second kappa shape index (κ2) is 26.5. The van der Waals surface area contributed by atoms with E-state index in [-0.39, 0.29) is 48.7 Å². The maximum atomic E-state index is 13.3. The first-order valence-corrected chi connectivity index (χ1v) is 23.3. The third-order valence-corrected chi connectivity index (χ3v) is 12.0. The number of hydrogen-bond donors (Lipinski definition) is 4. The summed E-state index contributed by atoms with van der Waals surface area (Å²) in [5.41, 5.74) is 9.57. The van der Waals surface area contributed by atoms with E-state index in [4.69, 9.17) is 10.5 Å². The molecule has 0 saturated carbocycles. The lowest BCUT2D eigenvalue weighted by atomic mass is 10.0. The number of benzene rings is 3. The summed E-state index contributed by atoms with van der Waals surface area (Å²) in [6.45, 7) is 5.36. The van der Waals surface area contributed by atoms with Crippen molar-refractivity contribution in [3.8, 4) is 0 Å². The highest BCUT2D eigenvalue weighted by molar-refractivity contribution is 14.2. The van der Waals surface area contributed by atoms with Crippen LogP contribution >= 0.6 is 30.1 Å². The molecule has 3 aromatic rings. The van der Waals surface area contributed by atoms with Crippen LogP contribution in [0.4, 0.5) is 0 Å². The maximum Gasteiger partial charge on any atom is 0.339 e. The molecule has 3 unspecified atom stereocenters. The summed E-state index contributed by atoms with van der Waals surface area (Å²) in [6.07, 6.45) is 3.63. The SMILES string of the molecule is Cc1cccc(C)c1C(=O)OCC(=O)C(CCCCN)NC(=O)CNC(=O)C(Cc1ccccc1)NC(=O)CCCCCN1C(=O)CC(SI)C1=O.Cc1ccccc1. The van der Waals surface area contributed by atoms with Crippen LogP contribution in [0.15, 0.2) is 78.9 Å². The van der Waals surface area contributed by atoms with Gasteiger partial charge in [-0.25, -0.2) is 4.79 Å². The Morgan fingerprint density at radius 2 is 1.46 bits per heavy atom. The molecule has 1 heterocycles. The summed E-state index contributed by atoms with van der Waals surface area (Å²) >= 11 is 2.03. The first kappa shape index (κ1) is 48.8. The minimum Gasteiger partial charge on any atom is -0.454 e. The molecule has 59 heavy (non-hydrogen) atoms. The number of Topliss-reactive ketones (excluding diaryl/α,β-unsaturated/α-hetero) is 1. The van der Waals surface area contributed by atoms with E-state index >= 15 is 0 Å². The van der Waals surface area contributed by atoms with E-state index in [1.807, 2.05) is 75.8 Å². The molecule has 1 aliphatic heterocycles. The first-order chi connectivity index (χ1) is 28.3. The number of esters is 1. The minimum absolute atomic E-state index is 0.133. The van der Waals surface area contributed by atoms with Crippen LogP contribution in [-0.4, -0.2) is 89.8 Å². The third-order valence-electron chi connectivity index (χ3n) is 9.60. The Labute approximate surface area is 363 Å². The van der Waals surface area contributed by atoms with Crippen molar-refractivity contribution in [1.82, 2.24) is 20.9 Å². The number of hydrogen-bond acceptors (Lipinski definition) is 10. The molecular weight excluding hydrogens is 885 g/mol. The minimum atomic E-state index is -0.975. The predicted molar refractivity (Wildman–Crippen MR) is 238 cm³/mol. The van der Waals surface area contributed by atoms with E-state index in [2.05, 4.69) is 35.0 Å². The number of aryl methyl sites for hydroxylation is 3. The van der Waals surface area contributed by atoms with Gasteiger partial charge in [0.15, 0.2) is 12.4 Å². The quantitative estimate of drug-likeness (QED) is 0.0448. The fraction of sp³-hybridized carbons (Fsp3) is 0.432. The van der Waals surface area contributed by atoms with Gasteiger partial charge in [-0.1, -0.05) is 99.8 Å². The average Bonchev–Trinajstić information content (AvgIpc) is 3.50. The number of halogens is 1. The molecule has 1 saturated heterocycles. The van der Waals surface area contributed by atoms with Gasteiger partial charge < -0.3 is 26.4 Å². The van der Waals surface area contributed by atoms with Crippen molar-refractivity contribution in [2.75, 3.05) is 26.2 Å². The molecule has 0 aromatic heterocycles. The van der Waals surface area contributed by atoms with Crippen LogP contribution in [0.3, 0.4) is 0 Å². The zero-order valence-corrected chi connectivity index (χ0v) is 37.0. The summed E-state index contributed by atoms with van der Waals surface area (Å²) in [4.78, 5) is 90.8. The van der Waals surface area contributed by atoms with E-state index in [1.54, 1.807) is 26.0 Å². The highest BCUT2D eigenvalue weighted by Gasteiger charge is 2.38. The van der Waals surface area contributed by atoms with E-state index in [0.29, 0.717) is 50.8 Å². The molecule has 15 heteroatoms. The van der Waals surface area contributed by atoms with Crippen LogP contribution in [0, 0.1) is 20.8 Å². The normalized spacial score (nSPS) is 14.4. The Balaban J connectivity index is 0.00000120. The first-order valence-electron chi connectivity index (χ1n) is 19.8. The summed E-state index contributed by atoms with van der Waals surface area (Å²) in [5.74, 6) is -3.02. The summed E-state index contributed by atoms with van der Waals surface area (Å²) in [7, 11) is 1.34. The number of likely N-dealkylation sites (tertiary alicyclic amines) is 1. The zero-order valence-electron chi connectivity index (χ0n) is 34.0. The number of imide groups is 1. The molecule has 1 aliphatic rings. The Bertz CT molecular complexity index is 1850. The number of nitrogens with zero attached hydrogens (tertiary/aromatic N) is 1. The molecule has 5 N–H and O–H groups in total. The van der Waals surface area contributed by atoms with E-state index in [0.717, 1.165) is 16.7 Å². The topological polar surface area (TPSA) is 194 Å². The molecule has 0 bridgehead atoms. The lowest BCUT2D eigenvalue weighted by molar-refractivity contribution is -0.138. The van der Waals surface area contributed by atoms with Crippen LogP contribution in [0.25, 0.3) is 0 Å². The van der Waals surface area contributed by atoms with Gasteiger partial charge in [0.25, 0.3) is 0 Å². The summed E-state index contributed by atoms with van der Waals surface area (Å²) in [6, 6.07) is 22.8. The Morgan fingerprint density at radius 3 is 2.05 bits per heavy atom. The molecule has 3 aromatic carbocycles. The van der Waals surface area contributed by atoms with Gasteiger partial charge in [0, 0.05) is 25.8 Å². The number of ketones is 1. The summed E-state index contributed by atoms with van der Waals surface area (Å²) < 4.78 is 5.32. The van der Waals surface area contributed by atoms with Crippen LogP contribution in [0.2, 0.25) is 0 Å². The predicted octanol–water partition coefficient (Wildman–Crippen LogP) is 5.25. The Hall–Kier alpha value is -4.61. The molecule has 318 valence electrons. The van der Waals surface area contributed by atoms with Crippen molar-refractivity contribution in [2.45, 2.75) is 95.9 Å². The fourth-order valence-electron chi connectivity index (χ4n) is 6.34. The molecule has 13 nitrogen and oxygen atoms in total. The molecule has 0 radical (unpaired) electrons. The van der Waals surface area contributed by atoms with Gasteiger partial charge in [-0.3, -0.25) is 33.7 Å². The van der Waals surface area contributed by atoms with Crippen molar-refractivity contribution in [2.24, 2.45) is 5.73 Å². The molecule has 0 spiro atoms. The highest BCUT2D eigenvalue weighted by Crippen LogP contribution is 2.30. The van der Waals surface area contributed by atoms with Gasteiger partial charge in [0.1, 0.15) is 11.3 Å². The lowest BCUT2D eigenvalue weighted by Gasteiger charge is -2.20. The van der Waals surface area contributed by atoms with Gasteiger partial charge >= 0.3 is 5.97 Å². The fourth-order valence-corrected chi connectivity index (χ4v) is 7.94. The molecule has 4 rings (SSSR count). The number of unbranched alkanes of at least 4 members (excludes halogenated alkanes) is 3. The number of amides is 5. The van der Waals surface area contributed by atoms with Crippen molar-refractivity contribution in [3.63, 3.8) is 0 Å². The van der Waals surface area contributed by atoms with Crippen LogP contribution in [0.5, 0.6) is 0 Å². The third kappa shape index (κ3) is 17.3. The largest absolute Gasteiger partial charge is 0.454 e. The summed E-state index contributed by atoms with van der Waals surface area (Å²) in [5, 5.41) is 7.65. The van der Waals surface area contributed by atoms with Crippen LogP contribution in [0.1, 0.15) is 84.0 Å². The number of rotatable bonds is 22. The van der Waals surface area contributed by atoms with E-state index in [9.17, 15) is 33.6 Å². The van der Waals surface area contributed by atoms with Gasteiger partial charge in [0.2, 0.25) is 29.5 Å². The van der Waals surface area contributed by atoms with Crippen LogP contribution in [-0.2, 0) is 39.9 Å². The van der Waals surface area contributed by atoms with Crippen LogP contribution < -0.4 is 21.7 Å². The lowest BCUT2D eigenvalue weighted by Crippen LogP contribution is -2.51. The van der Waals surface area contributed by atoms with Gasteiger partial charge in [-0.2, -0.15) is 0 Å². The van der Waals surface area contributed by atoms with Crippen molar-refractivity contribution in [3.05, 3.63) is 107 Å². The highest BCUT2D eigenvalue weighted by atomic mass is 127.